The fourth-order valence-electron chi connectivity index (χ4n) is 4.73. The molecule has 1 amide bonds. The van der Waals surface area contributed by atoms with Gasteiger partial charge in [-0.05, 0) is 48.2 Å². The second kappa shape index (κ2) is 10.9. The predicted octanol–water partition coefficient (Wildman–Crippen LogP) is 4.58. The van der Waals surface area contributed by atoms with Gasteiger partial charge in [0.05, 0.1) is 25.5 Å². The molecule has 0 atom stereocenters. The SMILES string of the molecule is C=NCc1ccccc1CN1CCN(C(=O)c2cnn3c(C(F)(F)F)cc(-c4ccc(OC)cc4)nc23)CC1. The summed E-state index contributed by atoms with van der Waals surface area (Å²) in [4.78, 5) is 25.8. The van der Waals surface area contributed by atoms with Crippen molar-refractivity contribution in [3.05, 3.63) is 83.2 Å². The molecule has 39 heavy (non-hydrogen) atoms. The Labute approximate surface area is 223 Å². The Bertz CT molecular complexity index is 1490. The first-order chi connectivity index (χ1) is 18.8. The molecule has 202 valence electrons. The van der Waals surface area contributed by atoms with E-state index in [0.29, 0.717) is 55.1 Å². The van der Waals surface area contributed by atoms with E-state index in [4.69, 9.17) is 4.74 Å². The molecule has 0 aliphatic carbocycles. The predicted molar refractivity (Wildman–Crippen MR) is 141 cm³/mol. The number of hydrogen-bond acceptors (Lipinski definition) is 6. The number of hydrogen-bond donors (Lipinski definition) is 0. The Morgan fingerprint density at radius 1 is 1.05 bits per heavy atom. The Balaban J connectivity index is 1.39. The van der Waals surface area contributed by atoms with Crippen LogP contribution in [0, 0.1) is 0 Å². The number of rotatable bonds is 7. The maximum Gasteiger partial charge on any atom is 0.433 e. The molecule has 0 spiro atoms. The highest BCUT2D eigenvalue weighted by Gasteiger charge is 2.36. The quantitative estimate of drug-likeness (QED) is 0.323. The van der Waals surface area contributed by atoms with Crippen LogP contribution in [0.4, 0.5) is 13.2 Å². The third-order valence-electron chi connectivity index (χ3n) is 6.83. The van der Waals surface area contributed by atoms with Gasteiger partial charge in [-0.15, -0.1) is 0 Å². The molecule has 2 aromatic heterocycles. The number of carbonyl (C=O) groups is 1. The van der Waals surface area contributed by atoms with Gasteiger partial charge in [-0.1, -0.05) is 24.3 Å². The van der Waals surface area contributed by atoms with Crippen LogP contribution in [0.5, 0.6) is 5.75 Å². The summed E-state index contributed by atoms with van der Waals surface area (Å²) >= 11 is 0. The van der Waals surface area contributed by atoms with Gasteiger partial charge in [-0.2, -0.15) is 18.3 Å². The van der Waals surface area contributed by atoms with Crippen molar-refractivity contribution in [2.75, 3.05) is 33.3 Å². The van der Waals surface area contributed by atoms with Gasteiger partial charge < -0.3 is 9.64 Å². The van der Waals surface area contributed by atoms with E-state index in [-0.39, 0.29) is 16.9 Å². The highest BCUT2D eigenvalue weighted by Crippen LogP contribution is 2.33. The minimum absolute atomic E-state index is 0.0340. The summed E-state index contributed by atoms with van der Waals surface area (Å²) in [5.41, 5.74) is 1.71. The average molecular weight is 537 g/mol. The molecular weight excluding hydrogens is 509 g/mol. The molecule has 0 saturated carbocycles. The van der Waals surface area contributed by atoms with Crippen molar-refractivity contribution in [1.82, 2.24) is 24.4 Å². The highest BCUT2D eigenvalue weighted by atomic mass is 19.4. The van der Waals surface area contributed by atoms with Gasteiger partial charge in [0.15, 0.2) is 11.3 Å². The standard InChI is InChI=1S/C28H27F3N6O2/c1-32-16-20-5-3-4-6-21(20)18-35-11-13-36(14-12-35)27(38)23-17-33-37-25(28(29,30)31)15-24(34-26(23)37)19-7-9-22(39-2)10-8-19/h3-10,15,17H,1,11-14,16,18H2,2H3. The van der Waals surface area contributed by atoms with Crippen molar-refractivity contribution in [3.63, 3.8) is 0 Å². The molecule has 0 radical (unpaired) electrons. The topological polar surface area (TPSA) is 75.3 Å². The number of amides is 1. The number of halogens is 3. The number of aliphatic imine (C=N–C) groups is 1. The molecule has 5 rings (SSSR count). The largest absolute Gasteiger partial charge is 0.497 e. The minimum Gasteiger partial charge on any atom is -0.497 e. The van der Waals surface area contributed by atoms with Crippen molar-refractivity contribution in [2.24, 2.45) is 4.99 Å². The van der Waals surface area contributed by atoms with Gasteiger partial charge >= 0.3 is 6.18 Å². The molecule has 0 bridgehead atoms. The van der Waals surface area contributed by atoms with E-state index in [2.05, 4.69) is 32.8 Å². The number of piperazine rings is 1. The lowest BCUT2D eigenvalue weighted by Crippen LogP contribution is -2.48. The van der Waals surface area contributed by atoms with Crippen molar-refractivity contribution >= 4 is 18.3 Å². The van der Waals surface area contributed by atoms with Crippen LogP contribution in [-0.2, 0) is 19.3 Å². The minimum atomic E-state index is -4.70. The molecule has 11 heteroatoms. The molecule has 4 aromatic rings. The van der Waals surface area contributed by atoms with E-state index in [0.717, 1.165) is 17.2 Å². The summed E-state index contributed by atoms with van der Waals surface area (Å²) in [7, 11) is 1.50. The van der Waals surface area contributed by atoms with E-state index < -0.39 is 17.8 Å². The summed E-state index contributed by atoms with van der Waals surface area (Å²) in [5, 5.41) is 3.90. The Morgan fingerprint density at radius 3 is 2.38 bits per heavy atom. The van der Waals surface area contributed by atoms with Crippen LogP contribution in [0.2, 0.25) is 0 Å². The summed E-state index contributed by atoms with van der Waals surface area (Å²) in [6.07, 6.45) is -3.53. The number of benzene rings is 2. The smallest absolute Gasteiger partial charge is 0.433 e. The number of nitrogens with zero attached hydrogens (tertiary/aromatic N) is 6. The molecule has 1 saturated heterocycles. The van der Waals surface area contributed by atoms with Crippen molar-refractivity contribution in [1.29, 1.82) is 0 Å². The number of methoxy groups -OCH3 is 1. The van der Waals surface area contributed by atoms with Gasteiger partial charge in [0.1, 0.15) is 11.3 Å². The van der Waals surface area contributed by atoms with E-state index in [9.17, 15) is 18.0 Å². The molecule has 1 aliphatic rings. The molecule has 8 nitrogen and oxygen atoms in total. The maximum atomic E-state index is 14.0. The van der Waals surface area contributed by atoms with E-state index in [1.165, 1.54) is 13.3 Å². The van der Waals surface area contributed by atoms with E-state index in [1.54, 1.807) is 29.2 Å². The van der Waals surface area contributed by atoms with Crippen LogP contribution in [0.15, 0.2) is 65.8 Å². The van der Waals surface area contributed by atoms with Gasteiger partial charge in [-0.3, -0.25) is 14.7 Å². The average Bonchev–Trinajstić information content (AvgIpc) is 3.37. The first-order valence-corrected chi connectivity index (χ1v) is 12.4. The Kier molecular flexibility index (Phi) is 7.34. The summed E-state index contributed by atoms with van der Waals surface area (Å²) in [5.74, 6) is 0.171. The lowest BCUT2D eigenvalue weighted by atomic mass is 10.1. The molecular formula is C28H27F3N6O2. The Morgan fingerprint density at radius 2 is 1.74 bits per heavy atom. The molecule has 1 fully saturated rings. The van der Waals surface area contributed by atoms with Crippen molar-refractivity contribution in [3.8, 4) is 17.0 Å². The molecule has 1 aliphatic heterocycles. The van der Waals surface area contributed by atoms with E-state index >= 15 is 0 Å². The molecule has 3 heterocycles. The van der Waals surface area contributed by atoms with E-state index in [1.807, 2.05) is 18.2 Å². The normalized spacial score (nSPS) is 14.5. The number of aromatic nitrogens is 3. The van der Waals surface area contributed by atoms with Crippen LogP contribution in [0.3, 0.4) is 0 Å². The lowest BCUT2D eigenvalue weighted by Gasteiger charge is -2.35. The monoisotopic (exact) mass is 536 g/mol. The highest BCUT2D eigenvalue weighted by molar-refractivity contribution is 6.00. The van der Waals surface area contributed by atoms with Crippen LogP contribution in [0.25, 0.3) is 16.9 Å². The number of alkyl halides is 3. The number of ether oxygens (including phenoxy) is 1. The molecule has 2 aromatic carbocycles. The zero-order chi connectivity index (χ0) is 27.6. The fourth-order valence-corrected chi connectivity index (χ4v) is 4.73. The summed E-state index contributed by atoms with van der Waals surface area (Å²) in [6, 6.07) is 15.5. The number of fused-ring (bicyclic) bond motifs is 1. The first kappa shape index (κ1) is 26.4. The van der Waals surface area contributed by atoms with Crippen LogP contribution in [0.1, 0.15) is 27.2 Å². The van der Waals surface area contributed by atoms with Gasteiger partial charge in [0, 0.05) is 38.3 Å². The lowest BCUT2D eigenvalue weighted by molar-refractivity contribution is -0.142. The van der Waals surface area contributed by atoms with Gasteiger partial charge in [0.25, 0.3) is 5.91 Å². The zero-order valence-corrected chi connectivity index (χ0v) is 21.4. The van der Waals surface area contributed by atoms with Gasteiger partial charge in [0.2, 0.25) is 0 Å². The van der Waals surface area contributed by atoms with Crippen molar-refractivity contribution in [2.45, 2.75) is 19.3 Å². The zero-order valence-electron chi connectivity index (χ0n) is 21.4. The van der Waals surface area contributed by atoms with Gasteiger partial charge in [-0.25, -0.2) is 9.50 Å². The van der Waals surface area contributed by atoms with Crippen LogP contribution >= 0.6 is 0 Å². The first-order valence-electron chi connectivity index (χ1n) is 12.4. The van der Waals surface area contributed by atoms with Crippen LogP contribution < -0.4 is 4.74 Å². The summed E-state index contributed by atoms with van der Waals surface area (Å²) < 4.78 is 47.8. The fraction of sp³-hybridized carbons (Fsp3) is 0.286. The Hall–Kier alpha value is -4.25. The maximum absolute atomic E-state index is 14.0. The molecule has 0 unspecified atom stereocenters. The number of carbonyl (C=O) groups excluding carboxylic acids is 1. The second-order valence-corrected chi connectivity index (χ2v) is 9.27. The second-order valence-electron chi connectivity index (χ2n) is 9.27. The van der Waals surface area contributed by atoms with Crippen LogP contribution in [-0.4, -0.2) is 70.3 Å². The third kappa shape index (κ3) is 5.49. The van der Waals surface area contributed by atoms with Crippen molar-refractivity contribution < 1.29 is 22.7 Å². The molecule has 0 N–H and O–H groups in total. The summed E-state index contributed by atoms with van der Waals surface area (Å²) in [6.45, 7) is 6.95. The third-order valence-corrected chi connectivity index (χ3v) is 6.83.